The van der Waals surface area contributed by atoms with Gasteiger partial charge in [0.2, 0.25) is 0 Å². The van der Waals surface area contributed by atoms with Gasteiger partial charge in [-0.3, -0.25) is 9.97 Å². The van der Waals surface area contributed by atoms with Gasteiger partial charge in [0.15, 0.2) is 0 Å². The van der Waals surface area contributed by atoms with Gasteiger partial charge < -0.3 is 4.99 Å². The quantitative estimate of drug-likeness (QED) is 0.146. The fourth-order valence-electron chi connectivity index (χ4n) is 5.83. The van der Waals surface area contributed by atoms with Crippen LogP contribution in [-0.2, 0) is 0 Å². The molecule has 2 heterocycles. The molecule has 0 fully saturated rings. The third-order valence-corrected chi connectivity index (χ3v) is 7.45. The lowest BCUT2D eigenvalue weighted by atomic mass is 9.83. The van der Waals surface area contributed by atoms with E-state index in [4.69, 9.17) is 4.98 Å². The van der Waals surface area contributed by atoms with Crippen LogP contribution in [0.15, 0.2) is 114 Å². The van der Waals surface area contributed by atoms with Gasteiger partial charge in [-0.25, -0.2) is 0 Å². The molecule has 37 heavy (non-hydrogen) atoms. The van der Waals surface area contributed by atoms with Crippen molar-refractivity contribution in [2.24, 2.45) is 10.9 Å². The van der Waals surface area contributed by atoms with E-state index < -0.39 is 0 Å². The average Bonchev–Trinajstić information content (AvgIpc) is 2.96. The van der Waals surface area contributed by atoms with Crippen LogP contribution in [-0.4, -0.2) is 23.2 Å². The maximum Gasteiger partial charge on any atom is 0.0970 e. The number of nitrogens with zero attached hydrogens (tertiary/aromatic N) is 3. The van der Waals surface area contributed by atoms with E-state index in [1.54, 1.807) is 0 Å². The molecule has 176 valence electrons. The van der Waals surface area contributed by atoms with Crippen molar-refractivity contribution in [2.75, 3.05) is 7.05 Å². The van der Waals surface area contributed by atoms with Crippen molar-refractivity contribution in [1.82, 2.24) is 9.97 Å². The van der Waals surface area contributed by atoms with Crippen LogP contribution in [0.5, 0.6) is 0 Å². The third-order valence-electron chi connectivity index (χ3n) is 7.45. The number of allylic oxidation sites excluding steroid dienone is 4. The molecule has 0 radical (unpaired) electrons. The molecule has 0 saturated heterocycles. The molecule has 1 unspecified atom stereocenters. The first-order valence-corrected chi connectivity index (χ1v) is 12.7. The SMILES string of the molecule is CN=CC1C=CC(c2c3ccccc3c(-c3ccnc4c3ccc3cccnc34)c3ccccc23)=CC1. The van der Waals surface area contributed by atoms with E-state index >= 15 is 0 Å². The van der Waals surface area contributed by atoms with Gasteiger partial charge in [-0.2, -0.15) is 0 Å². The van der Waals surface area contributed by atoms with Crippen molar-refractivity contribution < 1.29 is 0 Å². The fraction of sp³-hybridized carbons (Fsp3) is 0.0882. The van der Waals surface area contributed by atoms with Gasteiger partial charge in [0.05, 0.1) is 11.0 Å². The number of rotatable bonds is 3. The van der Waals surface area contributed by atoms with E-state index in [0.29, 0.717) is 5.92 Å². The van der Waals surface area contributed by atoms with Crippen molar-refractivity contribution in [2.45, 2.75) is 6.42 Å². The molecular formula is C34H25N3. The Morgan fingerprint density at radius 1 is 0.703 bits per heavy atom. The Kier molecular flexibility index (Phi) is 5.14. The highest BCUT2D eigenvalue weighted by Gasteiger charge is 2.20. The number of hydrogen-bond acceptors (Lipinski definition) is 3. The highest BCUT2D eigenvalue weighted by atomic mass is 14.7. The Morgan fingerprint density at radius 2 is 1.41 bits per heavy atom. The van der Waals surface area contributed by atoms with Gasteiger partial charge in [0, 0.05) is 42.3 Å². The summed E-state index contributed by atoms with van der Waals surface area (Å²) in [6.45, 7) is 0. The predicted molar refractivity (Wildman–Crippen MR) is 157 cm³/mol. The second kappa shape index (κ2) is 8.79. The molecule has 0 amide bonds. The maximum atomic E-state index is 4.78. The van der Waals surface area contributed by atoms with Gasteiger partial charge in [-0.1, -0.05) is 85.0 Å². The topological polar surface area (TPSA) is 38.1 Å². The van der Waals surface area contributed by atoms with E-state index in [1.165, 1.54) is 43.8 Å². The van der Waals surface area contributed by atoms with Crippen molar-refractivity contribution >= 4 is 55.1 Å². The molecule has 2 aromatic heterocycles. The zero-order valence-corrected chi connectivity index (χ0v) is 20.6. The van der Waals surface area contributed by atoms with Gasteiger partial charge >= 0.3 is 0 Å². The first-order chi connectivity index (χ1) is 18.3. The normalized spacial score (nSPS) is 15.8. The molecule has 0 aliphatic heterocycles. The molecule has 1 aliphatic carbocycles. The van der Waals surface area contributed by atoms with E-state index in [9.17, 15) is 0 Å². The molecule has 3 nitrogen and oxygen atoms in total. The number of aliphatic imine (C=N–C) groups is 1. The summed E-state index contributed by atoms with van der Waals surface area (Å²) in [6.07, 6.45) is 13.7. The third kappa shape index (κ3) is 3.47. The molecule has 3 heteroatoms. The summed E-state index contributed by atoms with van der Waals surface area (Å²) in [7, 11) is 1.84. The minimum absolute atomic E-state index is 0.358. The van der Waals surface area contributed by atoms with Crippen LogP contribution in [0.1, 0.15) is 12.0 Å². The first kappa shape index (κ1) is 21.6. The summed E-state index contributed by atoms with van der Waals surface area (Å²) >= 11 is 0. The number of pyridine rings is 2. The molecule has 0 N–H and O–H groups in total. The lowest BCUT2D eigenvalue weighted by Gasteiger charge is -2.20. The molecule has 1 aliphatic rings. The minimum atomic E-state index is 0.358. The monoisotopic (exact) mass is 475 g/mol. The van der Waals surface area contributed by atoms with Crippen molar-refractivity contribution in [1.29, 1.82) is 0 Å². The van der Waals surface area contributed by atoms with Gasteiger partial charge in [0.1, 0.15) is 0 Å². The predicted octanol–water partition coefficient (Wildman–Crippen LogP) is 8.42. The Morgan fingerprint density at radius 3 is 2.08 bits per heavy atom. The molecule has 7 rings (SSSR count). The van der Waals surface area contributed by atoms with E-state index in [-0.39, 0.29) is 0 Å². The Labute approximate surface area is 215 Å². The molecule has 6 aromatic rings. The first-order valence-electron chi connectivity index (χ1n) is 12.7. The summed E-state index contributed by atoms with van der Waals surface area (Å²) in [6, 6.07) is 28.2. The minimum Gasteiger partial charge on any atom is -0.300 e. The van der Waals surface area contributed by atoms with Crippen molar-refractivity contribution in [3.05, 3.63) is 115 Å². The maximum absolute atomic E-state index is 4.78. The highest BCUT2D eigenvalue weighted by Crippen LogP contribution is 2.44. The smallest absolute Gasteiger partial charge is 0.0970 e. The zero-order valence-electron chi connectivity index (χ0n) is 20.6. The second-order valence-corrected chi connectivity index (χ2v) is 9.56. The number of hydrogen-bond donors (Lipinski definition) is 0. The van der Waals surface area contributed by atoms with Gasteiger partial charge in [0.25, 0.3) is 0 Å². The van der Waals surface area contributed by atoms with E-state index in [2.05, 4.69) is 101 Å². The van der Waals surface area contributed by atoms with Crippen LogP contribution in [0.4, 0.5) is 0 Å². The summed E-state index contributed by atoms with van der Waals surface area (Å²) in [5.41, 5.74) is 6.88. The van der Waals surface area contributed by atoms with Gasteiger partial charge in [-0.05, 0) is 62.4 Å². The number of benzene rings is 4. The summed E-state index contributed by atoms with van der Waals surface area (Å²) < 4.78 is 0. The van der Waals surface area contributed by atoms with E-state index in [0.717, 1.165) is 28.2 Å². The van der Waals surface area contributed by atoms with Crippen LogP contribution in [0, 0.1) is 5.92 Å². The molecule has 4 aromatic carbocycles. The summed E-state index contributed by atoms with van der Waals surface area (Å²) in [5.74, 6) is 0.358. The van der Waals surface area contributed by atoms with E-state index in [1.807, 2.05) is 31.7 Å². The summed E-state index contributed by atoms with van der Waals surface area (Å²) in [4.78, 5) is 13.7. The van der Waals surface area contributed by atoms with Crippen molar-refractivity contribution in [3.63, 3.8) is 0 Å². The second-order valence-electron chi connectivity index (χ2n) is 9.56. The van der Waals surface area contributed by atoms with Crippen LogP contribution >= 0.6 is 0 Å². The largest absolute Gasteiger partial charge is 0.300 e. The number of fused-ring (bicyclic) bond motifs is 5. The van der Waals surface area contributed by atoms with Crippen LogP contribution in [0.25, 0.3) is 60.1 Å². The van der Waals surface area contributed by atoms with Crippen LogP contribution in [0.3, 0.4) is 0 Å². The van der Waals surface area contributed by atoms with Crippen molar-refractivity contribution in [3.8, 4) is 11.1 Å². The average molecular weight is 476 g/mol. The molecule has 0 bridgehead atoms. The fourth-order valence-corrected chi connectivity index (χ4v) is 5.83. The molecule has 1 atom stereocenters. The molecule has 0 spiro atoms. The van der Waals surface area contributed by atoms with Crippen LogP contribution in [0.2, 0.25) is 0 Å². The highest BCUT2D eigenvalue weighted by molar-refractivity contribution is 6.22. The molecular weight excluding hydrogens is 450 g/mol. The van der Waals surface area contributed by atoms with Gasteiger partial charge in [-0.15, -0.1) is 0 Å². The Hall–Kier alpha value is -4.63. The number of aromatic nitrogens is 2. The molecule has 0 saturated carbocycles. The zero-order chi connectivity index (χ0) is 24.8. The standard InChI is InChI=1S/C34H25N3/c1-35-21-22-12-14-23(15-13-22)31-25-8-2-4-10-27(25)32(28-11-5-3-9-26(28)31)29-18-20-37-34-30(29)17-16-24-7-6-19-36-33(24)34/h2-12,14-22H,13H2,1H3. The Bertz CT molecular complexity index is 1870. The lowest BCUT2D eigenvalue weighted by Crippen LogP contribution is -2.02. The van der Waals surface area contributed by atoms with Crippen LogP contribution < -0.4 is 0 Å². The Balaban J connectivity index is 1.57. The lowest BCUT2D eigenvalue weighted by molar-refractivity contribution is 0.889. The summed E-state index contributed by atoms with van der Waals surface area (Å²) in [5, 5.41) is 7.24.